The van der Waals surface area contributed by atoms with Gasteiger partial charge in [0.1, 0.15) is 0 Å². The van der Waals surface area contributed by atoms with Crippen molar-refractivity contribution in [3.8, 4) is 0 Å². The highest BCUT2D eigenvalue weighted by atomic mass is 16.1. The van der Waals surface area contributed by atoms with Crippen molar-refractivity contribution in [2.75, 3.05) is 18.8 Å². The SMILES string of the molecule is CC(C(=O)NC1CCN(C2CC2)C1)c1cccc(N)c1. The van der Waals surface area contributed by atoms with E-state index in [9.17, 15) is 4.79 Å². The minimum absolute atomic E-state index is 0.109. The van der Waals surface area contributed by atoms with E-state index in [2.05, 4.69) is 10.2 Å². The summed E-state index contributed by atoms with van der Waals surface area (Å²) in [6, 6.07) is 8.70. The fraction of sp³-hybridized carbons (Fsp3) is 0.562. The van der Waals surface area contributed by atoms with Crippen LogP contribution in [0.1, 0.15) is 37.7 Å². The highest BCUT2D eigenvalue weighted by Crippen LogP contribution is 2.30. The highest BCUT2D eigenvalue weighted by Gasteiger charge is 2.35. The van der Waals surface area contributed by atoms with Crippen LogP contribution in [0.5, 0.6) is 0 Å². The maximum absolute atomic E-state index is 12.3. The number of hydrogen-bond acceptors (Lipinski definition) is 3. The molecule has 1 aliphatic carbocycles. The smallest absolute Gasteiger partial charge is 0.227 e. The standard InChI is InChI=1S/C16H23N3O/c1-11(12-3-2-4-13(17)9-12)16(20)18-14-7-8-19(10-14)15-5-6-15/h2-4,9,11,14-15H,5-8,10,17H2,1H3,(H,18,20). The van der Waals surface area contributed by atoms with Gasteiger partial charge in [0, 0.05) is 30.9 Å². The molecular weight excluding hydrogens is 250 g/mol. The molecule has 1 aliphatic heterocycles. The quantitative estimate of drug-likeness (QED) is 0.821. The summed E-state index contributed by atoms with van der Waals surface area (Å²) in [7, 11) is 0. The number of anilines is 1. The summed E-state index contributed by atoms with van der Waals surface area (Å²) in [5.74, 6) is -0.0354. The molecule has 0 bridgehead atoms. The Morgan fingerprint density at radius 2 is 2.20 bits per heavy atom. The zero-order valence-corrected chi connectivity index (χ0v) is 12.0. The molecule has 2 unspecified atom stereocenters. The van der Waals surface area contributed by atoms with Gasteiger partial charge in [0.25, 0.3) is 0 Å². The lowest BCUT2D eigenvalue weighted by Gasteiger charge is -2.18. The number of nitrogen functional groups attached to an aromatic ring is 1. The van der Waals surface area contributed by atoms with Gasteiger partial charge in [-0.2, -0.15) is 0 Å². The zero-order chi connectivity index (χ0) is 14.1. The van der Waals surface area contributed by atoms with Crippen molar-refractivity contribution < 1.29 is 4.79 Å². The van der Waals surface area contributed by atoms with Crippen LogP contribution in [0.4, 0.5) is 5.69 Å². The van der Waals surface area contributed by atoms with Crippen molar-refractivity contribution in [1.29, 1.82) is 0 Å². The molecule has 1 heterocycles. The number of carbonyl (C=O) groups excluding carboxylic acids is 1. The number of nitrogens with zero attached hydrogens (tertiary/aromatic N) is 1. The monoisotopic (exact) mass is 273 g/mol. The second-order valence-electron chi connectivity index (χ2n) is 6.11. The van der Waals surface area contributed by atoms with Gasteiger partial charge >= 0.3 is 0 Å². The second-order valence-corrected chi connectivity index (χ2v) is 6.11. The Hall–Kier alpha value is -1.55. The fourth-order valence-corrected chi connectivity index (χ4v) is 2.98. The summed E-state index contributed by atoms with van der Waals surface area (Å²) in [6.07, 6.45) is 3.74. The molecule has 2 atom stereocenters. The molecule has 1 amide bonds. The van der Waals surface area contributed by atoms with E-state index in [0.717, 1.165) is 31.1 Å². The van der Waals surface area contributed by atoms with Crippen molar-refractivity contribution >= 4 is 11.6 Å². The summed E-state index contributed by atoms with van der Waals surface area (Å²) in [5, 5.41) is 3.19. The number of rotatable bonds is 4. The Labute approximate surface area is 120 Å². The minimum atomic E-state index is -0.145. The lowest BCUT2D eigenvalue weighted by atomic mass is 9.99. The van der Waals surface area contributed by atoms with E-state index in [0.29, 0.717) is 11.7 Å². The van der Waals surface area contributed by atoms with Crippen LogP contribution in [0, 0.1) is 0 Å². The first-order chi connectivity index (χ1) is 9.63. The van der Waals surface area contributed by atoms with Crippen LogP contribution in [0.25, 0.3) is 0 Å². The number of hydrogen-bond donors (Lipinski definition) is 2. The van der Waals surface area contributed by atoms with Gasteiger partial charge in [-0.25, -0.2) is 0 Å². The molecule has 4 nitrogen and oxygen atoms in total. The largest absolute Gasteiger partial charge is 0.399 e. The van der Waals surface area contributed by atoms with Gasteiger partial charge in [-0.1, -0.05) is 12.1 Å². The molecule has 2 aliphatic rings. The molecule has 1 aromatic rings. The zero-order valence-electron chi connectivity index (χ0n) is 12.0. The molecule has 2 fully saturated rings. The number of likely N-dealkylation sites (tertiary alicyclic amines) is 1. The lowest BCUT2D eigenvalue weighted by molar-refractivity contribution is -0.122. The van der Waals surface area contributed by atoms with Crippen LogP contribution in [-0.2, 0) is 4.79 Å². The molecule has 108 valence electrons. The Bertz CT molecular complexity index is 498. The highest BCUT2D eigenvalue weighted by molar-refractivity contribution is 5.83. The third-order valence-electron chi connectivity index (χ3n) is 4.43. The van der Waals surface area contributed by atoms with Crippen LogP contribution in [-0.4, -0.2) is 36.0 Å². The first-order valence-electron chi connectivity index (χ1n) is 7.53. The molecule has 4 heteroatoms. The minimum Gasteiger partial charge on any atom is -0.399 e. The summed E-state index contributed by atoms with van der Waals surface area (Å²) >= 11 is 0. The number of nitrogens with one attached hydrogen (secondary N) is 1. The lowest BCUT2D eigenvalue weighted by Crippen LogP contribution is -2.39. The molecule has 20 heavy (non-hydrogen) atoms. The van der Waals surface area contributed by atoms with Crippen LogP contribution in [0.2, 0.25) is 0 Å². The van der Waals surface area contributed by atoms with Gasteiger partial charge in [0.15, 0.2) is 0 Å². The first kappa shape index (κ1) is 13.4. The normalized spacial score (nSPS) is 24.6. The van der Waals surface area contributed by atoms with Gasteiger partial charge in [-0.05, 0) is 43.9 Å². The molecule has 0 spiro atoms. The Kier molecular flexibility index (Phi) is 3.66. The number of carbonyl (C=O) groups is 1. The van der Waals surface area contributed by atoms with E-state index in [1.807, 2.05) is 31.2 Å². The van der Waals surface area contributed by atoms with E-state index >= 15 is 0 Å². The number of nitrogens with two attached hydrogens (primary N) is 1. The van der Waals surface area contributed by atoms with Crippen LogP contribution in [0.3, 0.4) is 0 Å². The summed E-state index contributed by atoms with van der Waals surface area (Å²) in [4.78, 5) is 14.8. The third kappa shape index (κ3) is 2.96. The van der Waals surface area contributed by atoms with Crippen LogP contribution in [0.15, 0.2) is 24.3 Å². The Morgan fingerprint density at radius 1 is 1.40 bits per heavy atom. The maximum Gasteiger partial charge on any atom is 0.227 e. The fourth-order valence-electron chi connectivity index (χ4n) is 2.98. The second kappa shape index (κ2) is 5.44. The molecule has 1 saturated carbocycles. The van der Waals surface area contributed by atoms with E-state index in [1.165, 1.54) is 12.8 Å². The molecule has 0 aromatic heterocycles. The van der Waals surface area contributed by atoms with Gasteiger partial charge in [0.05, 0.1) is 5.92 Å². The van der Waals surface area contributed by atoms with Gasteiger partial charge in [-0.15, -0.1) is 0 Å². The summed E-state index contributed by atoms with van der Waals surface area (Å²) in [6.45, 7) is 4.08. The maximum atomic E-state index is 12.3. The number of benzene rings is 1. The van der Waals surface area contributed by atoms with Crippen molar-refractivity contribution in [3.63, 3.8) is 0 Å². The first-order valence-corrected chi connectivity index (χ1v) is 7.53. The Morgan fingerprint density at radius 3 is 2.90 bits per heavy atom. The van der Waals surface area contributed by atoms with E-state index in [1.54, 1.807) is 0 Å². The topological polar surface area (TPSA) is 58.4 Å². The molecular formula is C16H23N3O. The van der Waals surface area contributed by atoms with Crippen molar-refractivity contribution in [2.45, 2.75) is 44.2 Å². The third-order valence-corrected chi connectivity index (χ3v) is 4.43. The van der Waals surface area contributed by atoms with Gasteiger partial charge < -0.3 is 11.1 Å². The van der Waals surface area contributed by atoms with Crippen molar-refractivity contribution in [2.24, 2.45) is 0 Å². The predicted molar refractivity (Wildman–Crippen MR) is 80.4 cm³/mol. The van der Waals surface area contributed by atoms with Crippen molar-refractivity contribution in [3.05, 3.63) is 29.8 Å². The molecule has 3 N–H and O–H groups in total. The number of amides is 1. The van der Waals surface area contributed by atoms with E-state index < -0.39 is 0 Å². The predicted octanol–water partition coefficient (Wildman–Crippen LogP) is 1.73. The molecule has 1 aromatic carbocycles. The van der Waals surface area contributed by atoms with E-state index in [4.69, 9.17) is 5.73 Å². The van der Waals surface area contributed by atoms with Crippen LogP contribution >= 0.6 is 0 Å². The average Bonchev–Trinajstić information content (AvgIpc) is 3.19. The Balaban J connectivity index is 1.56. The van der Waals surface area contributed by atoms with Gasteiger partial charge in [-0.3, -0.25) is 9.69 Å². The molecule has 1 saturated heterocycles. The van der Waals surface area contributed by atoms with Gasteiger partial charge in [0.2, 0.25) is 5.91 Å². The van der Waals surface area contributed by atoms with E-state index in [-0.39, 0.29) is 11.8 Å². The summed E-state index contributed by atoms with van der Waals surface area (Å²) in [5.41, 5.74) is 7.48. The molecule has 0 radical (unpaired) electrons. The van der Waals surface area contributed by atoms with Crippen LogP contribution < -0.4 is 11.1 Å². The van der Waals surface area contributed by atoms with Crippen molar-refractivity contribution in [1.82, 2.24) is 10.2 Å². The average molecular weight is 273 g/mol. The molecule has 3 rings (SSSR count). The summed E-state index contributed by atoms with van der Waals surface area (Å²) < 4.78 is 0.